The summed E-state index contributed by atoms with van der Waals surface area (Å²) in [5, 5.41) is 10.3. The van der Waals surface area contributed by atoms with E-state index in [0.29, 0.717) is 18.1 Å². The molecule has 1 amide bonds. The molecule has 2 bridgehead atoms. The SMILES string of the molecule is CCOc1ccc(-c2cc3c(cc2F)[C@H](N(C(=O)O)[C@@H]2CN4CCC2CC4)C(C)(C)C3)cc1. The van der Waals surface area contributed by atoms with E-state index in [0.717, 1.165) is 61.3 Å². The molecule has 2 aromatic carbocycles. The summed E-state index contributed by atoms with van der Waals surface area (Å²) in [6.07, 6.45) is 1.91. The highest BCUT2D eigenvalue weighted by Gasteiger charge is 2.50. The van der Waals surface area contributed by atoms with E-state index in [-0.39, 0.29) is 23.3 Å². The van der Waals surface area contributed by atoms with Gasteiger partial charge in [-0.15, -0.1) is 0 Å². The maximum Gasteiger partial charge on any atom is 0.408 e. The van der Waals surface area contributed by atoms with Crippen molar-refractivity contribution < 1.29 is 19.0 Å². The summed E-state index contributed by atoms with van der Waals surface area (Å²) in [5.74, 6) is 0.845. The molecule has 4 aliphatic rings. The fraction of sp³-hybridized carbons (Fsp3) is 0.519. The maximum absolute atomic E-state index is 15.5. The van der Waals surface area contributed by atoms with Crippen molar-refractivity contribution in [2.75, 3.05) is 26.2 Å². The van der Waals surface area contributed by atoms with Crippen molar-refractivity contribution in [1.82, 2.24) is 9.80 Å². The molecule has 3 fully saturated rings. The number of fused-ring (bicyclic) bond motifs is 4. The average Bonchev–Trinajstić information content (AvgIpc) is 3.04. The van der Waals surface area contributed by atoms with Crippen LogP contribution in [0.15, 0.2) is 36.4 Å². The van der Waals surface area contributed by atoms with Crippen molar-refractivity contribution in [2.45, 2.75) is 52.1 Å². The first kappa shape index (κ1) is 22.2. The summed E-state index contributed by atoms with van der Waals surface area (Å²) in [4.78, 5) is 16.7. The first-order chi connectivity index (χ1) is 15.8. The third kappa shape index (κ3) is 3.88. The summed E-state index contributed by atoms with van der Waals surface area (Å²) < 4.78 is 21.0. The molecule has 0 radical (unpaired) electrons. The number of hydrogen-bond acceptors (Lipinski definition) is 3. The molecule has 5 nitrogen and oxygen atoms in total. The maximum atomic E-state index is 15.5. The summed E-state index contributed by atoms with van der Waals surface area (Å²) in [5.41, 5.74) is 2.91. The fourth-order valence-electron chi connectivity index (χ4n) is 6.39. The molecule has 3 aliphatic heterocycles. The Balaban J connectivity index is 1.52. The Hall–Kier alpha value is -2.60. The molecule has 6 rings (SSSR count). The van der Waals surface area contributed by atoms with Gasteiger partial charge in [-0.2, -0.15) is 0 Å². The van der Waals surface area contributed by atoms with Crippen molar-refractivity contribution in [3.05, 3.63) is 53.3 Å². The van der Waals surface area contributed by atoms with Gasteiger partial charge in [0, 0.05) is 12.1 Å². The van der Waals surface area contributed by atoms with Crippen LogP contribution in [0.2, 0.25) is 0 Å². The van der Waals surface area contributed by atoms with Gasteiger partial charge in [-0.25, -0.2) is 9.18 Å². The summed E-state index contributed by atoms with van der Waals surface area (Å²) in [7, 11) is 0. The van der Waals surface area contributed by atoms with E-state index < -0.39 is 6.09 Å². The number of carbonyl (C=O) groups is 1. The Morgan fingerprint density at radius 3 is 2.48 bits per heavy atom. The third-order valence-electron chi connectivity index (χ3n) is 7.86. The lowest BCUT2D eigenvalue weighted by molar-refractivity contribution is -0.0267. The van der Waals surface area contributed by atoms with E-state index in [2.05, 4.69) is 18.7 Å². The van der Waals surface area contributed by atoms with E-state index in [1.165, 1.54) is 0 Å². The van der Waals surface area contributed by atoms with Gasteiger partial charge in [0.2, 0.25) is 0 Å². The van der Waals surface area contributed by atoms with E-state index in [1.54, 1.807) is 11.0 Å². The van der Waals surface area contributed by atoms with Crippen molar-refractivity contribution in [1.29, 1.82) is 0 Å². The number of hydrogen-bond donors (Lipinski definition) is 1. The van der Waals surface area contributed by atoms with Crippen LogP contribution in [0.5, 0.6) is 5.75 Å². The molecule has 0 unspecified atom stereocenters. The molecule has 2 atom stereocenters. The van der Waals surface area contributed by atoms with Gasteiger partial charge in [0.15, 0.2) is 0 Å². The quantitative estimate of drug-likeness (QED) is 0.643. The zero-order chi connectivity index (χ0) is 23.3. The van der Waals surface area contributed by atoms with Crippen LogP contribution in [0.25, 0.3) is 11.1 Å². The lowest BCUT2D eigenvalue weighted by Gasteiger charge is -2.51. The van der Waals surface area contributed by atoms with Gasteiger partial charge in [0.25, 0.3) is 0 Å². The number of amides is 1. The smallest absolute Gasteiger partial charge is 0.408 e. The average molecular weight is 453 g/mol. The molecule has 33 heavy (non-hydrogen) atoms. The Bertz CT molecular complexity index is 1040. The van der Waals surface area contributed by atoms with Crippen LogP contribution in [-0.2, 0) is 6.42 Å². The van der Waals surface area contributed by atoms with Crippen molar-refractivity contribution >= 4 is 6.09 Å². The number of piperidine rings is 3. The van der Waals surface area contributed by atoms with Crippen molar-refractivity contribution in [2.24, 2.45) is 11.3 Å². The van der Waals surface area contributed by atoms with Crippen LogP contribution in [0.1, 0.15) is 50.8 Å². The van der Waals surface area contributed by atoms with E-state index in [1.807, 2.05) is 37.3 Å². The number of ether oxygens (including phenoxy) is 1. The number of carboxylic acid groups (broad SMARTS) is 1. The topological polar surface area (TPSA) is 53.0 Å². The molecule has 0 spiro atoms. The molecule has 2 aromatic rings. The molecular formula is C27H33FN2O3. The Kier molecular flexibility index (Phi) is 5.60. The molecular weight excluding hydrogens is 419 g/mol. The Morgan fingerprint density at radius 2 is 1.91 bits per heavy atom. The summed E-state index contributed by atoms with van der Waals surface area (Å²) in [6.45, 7) is 9.64. The highest BCUT2D eigenvalue weighted by molar-refractivity contribution is 5.70. The Labute approximate surface area is 195 Å². The summed E-state index contributed by atoms with van der Waals surface area (Å²) >= 11 is 0. The second-order valence-electron chi connectivity index (χ2n) is 10.5. The van der Waals surface area contributed by atoms with Gasteiger partial charge in [-0.05, 0) is 91.6 Å². The van der Waals surface area contributed by atoms with Crippen molar-refractivity contribution in [3.8, 4) is 16.9 Å². The molecule has 3 saturated heterocycles. The molecule has 1 aliphatic carbocycles. The van der Waals surface area contributed by atoms with Crippen LogP contribution >= 0.6 is 0 Å². The van der Waals surface area contributed by atoms with Gasteiger partial charge in [-0.1, -0.05) is 26.0 Å². The number of nitrogens with zero attached hydrogens (tertiary/aromatic N) is 2. The highest BCUT2D eigenvalue weighted by atomic mass is 19.1. The highest BCUT2D eigenvalue weighted by Crippen LogP contribution is 2.52. The van der Waals surface area contributed by atoms with Crippen molar-refractivity contribution in [3.63, 3.8) is 0 Å². The minimum absolute atomic E-state index is 0.0333. The van der Waals surface area contributed by atoms with Crippen LogP contribution in [0.3, 0.4) is 0 Å². The third-order valence-corrected chi connectivity index (χ3v) is 7.86. The molecule has 1 N–H and O–H groups in total. The van der Waals surface area contributed by atoms with Gasteiger partial charge in [0.05, 0.1) is 18.7 Å². The molecule has 0 aromatic heterocycles. The summed E-state index contributed by atoms with van der Waals surface area (Å²) in [6, 6.07) is 10.6. The second kappa shape index (κ2) is 8.32. The molecule has 176 valence electrons. The zero-order valence-electron chi connectivity index (χ0n) is 19.7. The van der Waals surface area contributed by atoms with Crippen LogP contribution in [0, 0.1) is 17.2 Å². The monoisotopic (exact) mass is 452 g/mol. The predicted molar refractivity (Wildman–Crippen MR) is 126 cm³/mol. The Morgan fingerprint density at radius 1 is 1.21 bits per heavy atom. The van der Waals surface area contributed by atoms with Crippen LogP contribution < -0.4 is 4.74 Å². The predicted octanol–water partition coefficient (Wildman–Crippen LogP) is 5.59. The largest absolute Gasteiger partial charge is 0.494 e. The lowest BCUT2D eigenvalue weighted by atomic mass is 9.79. The normalized spacial score (nSPS) is 27.3. The lowest BCUT2D eigenvalue weighted by Crippen LogP contribution is -2.60. The second-order valence-corrected chi connectivity index (χ2v) is 10.5. The minimum atomic E-state index is -0.893. The van der Waals surface area contributed by atoms with Gasteiger partial charge < -0.3 is 14.7 Å². The van der Waals surface area contributed by atoms with Gasteiger partial charge >= 0.3 is 6.09 Å². The number of benzene rings is 2. The molecule has 0 saturated carbocycles. The van der Waals surface area contributed by atoms with Gasteiger partial charge in [0.1, 0.15) is 11.6 Å². The molecule has 3 heterocycles. The minimum Gasteiger partial charge on any atom is -0.494 e. The van der Waals surface area contributed by atoms with E-state index in [4.69, 9.17) is 4.74 Å². The molecule has 6 heteroatoms. The fourth-order valence-corrected chi connectivity index (χ4v) is 6.39. The standard InChI is InChI=1S/C27H33FN2O3/c1-4-33-20-7-5-17(6-8-20)21-13-19-15-27(2,3)25(22(19)14-23(21)28)30(26(31)32)24-16-29-11-9-18(24)10-12-29/h5-8,13-14,18,24-25H,4,9-12,15-16H2,1-3H3,(H,31,32)/t24-,25+/m1/s1. The van der Waals surface area contributed by atoms with E-state index in [9.17, 15) is 9.90 Å². The van der Waals surface area contributed by atoms with Crippen LogP contribution in [0.4, 0.5) is 9.18 Å². The first-order valence-electron chi connectivity index (χ1n) is 12.1. The number of rotatable bonds is 5. The van der Waals surface area contributed by atoms with Gasteiger partial charge in [-0.3, -0.25) is 4.90 Å². The first-order valence-corrected chi connectivity index (χ1v) is 12.1. The van der Waals surface area contributed by atoms with E-state index >= 15 is 4.39 Å². The van der Waals surface area contributed by atoms with Crippen LogP contribution in [-0.4, -0.2) is 53.3 Å². The zero-order valence-corrected chi connectivity index (χ0v) is 19.7. The number of halogens is 1.